The van der Waals surface area contributed by atoms with E-state index in [0.717, 1.165) is 6.42 Å². The van der Waals surface area contributed by atoms with Crippen LogP contribution in [-0.2, 0) is 16.6 Å². The Morgan fingerprint density at radius 2 is 2.12 bits per heavy atom. The Kier molecular flexibility index (Phi) is 4.16. The van der Waals surface area contributed by atoms with Gasteiger partial charge in [-0.25, -0.2) is 8.42 Å². The molecule has 0 aliphatic heterocycles. The fourth-order valence-corrected chi connectivity index (χ4v) is 2.92. The minimum Gasteiger partial charge on any atom is -0.381 e. The lowest BCUT2D eigenvalue weighted by Crippen LogP contribution is -2.34. The Morgan fingerprint density at radius 1 is 1.53 bits per heavy atom. The number of hydrogen-bond acceptors (Lipinski definition) is 4. The number of aromatic nitrogens is 2. The molecule has 2 N–H and O–H groups in total. The van der Waals surface area contributed by atoms with Crippen molar-refractivity contribution in [3.05, 3.63) is 6.20 Å². The molecule has 0 aliphatic rings. The lowest BCUT2D eigenvalue weighted by atomic mass is 10.3. The number of nitrogen functional groups attached to an aromatic ring is 1. The van der Waals surface area contributed by atoms with Crippen LogP contribution in [0.15, 0.2) is 11.1 Å². The molecule has 7 heteroatoms. The predicted octanol–water partition coefficient (Wildman–Crippen LogP) is 0.904. The summed E-state index contributed by atoms with van der Waals surface area (Å²) in [6.07, 6.45) is 2.22. The van der Waals surface area contributed by atoms with E-state index < -0.39 is 10.0 Å². The third kappa shape index (κ3) is 2.61. The molecule has 1 rings (SSSR count). The molecule has 0 amide bonds. The van der Waals surface area contributed by atoms with Crippen LogP contribution >= 0.6 is 0 Å². The van der Waals surface area contributed by atoms with Gasteiger partial charge in [0.1, 0.15) is 4.90 Å². The van der Waals surface area contributed by atoms with Gasteiger partial charge in [-0.3, -0.25) is 4.68 Å². The highest BCUT2D eigenvalue weighted by Crippen LogP contribution is 2.22. The summed E-state index contributed by atoms with van der Waals surface area (Å²) in [6, 6.07) is -0.0654. The van der Waals surface area contributed by atoms with Crippen molar-refractivity contribution >= 4 is 15.8 Å². The molecule has 98 valence electrons. The van der Waals surface area contributed by atoms with E-state index in [4.69, 9.17) is 5.73 Å². The second kappa shape index (κ2) is 5.05. The molecule has 0 spiro atoms. The van der Waals surface area contributed by atoms with E-state index in [1.165, 1.54) is 15.2 Å². The Labute approximate surface area is 102 Å². The highest BCUT2D eigenvalue weighted by Gasteiger charge is 2.28. The van der Waals surface area contributed by atoms with Crippen molar-refractivity contribution in [1.82, 2.24) is 14.1 Å². The summed E-state index contributed by atoms with van der Waals surface area (Å²) >= 11 is 0. The summed E-state index contributed by atoms with van der Waals surface area (Å²) in [5.41, 5.74) is 5.64. The second-order valence-corrected chi connectivity index (χ2v) is 5.98. The third-order valence-corrected chi connectivity index (χ3v) is 4.94. The largest absolute Gasteiger partial charge is 0.381 e. The average molecular weight is 260 g/mol. The van der Waals surface area contributed by atoms with Crippen molar-refractivity contribution < 1.29 is 8.42 Å². The summed E-state index contributed by atoms with van der Waals surface area (Å²) in [7, 11) is -1.98. The maximum absolute atomic E-state index is 12.3. The van der Waals surface area contributed by atoms with Gasteiger partial charge in [0, 0.05) is 25.8 Å². The van der Waals surface area contributed by atoms with Crippen molar-refractivity contribution in [3.8, 4) is 0 Å². The summed E-state index contributed by atoms with van der Waals surface area (Å²) in [5.74, 6) is 0.0574. The zero-order valence-corrected chi connectivity index (χ0v) is 11.5. The highest BCUT2D eigenvalue weighted by atomic mass is 32.2. The van der Waals surface area contributed by atoms with Crippen molar-refractivity contribution in [1.29, 1.82) is 0 Å². The lowest BCUT2D eigenvalue weighted by molar-refractivity contribution is 0.381. The number of rotatable bonds is 5. The van der Waals surface area contributed by atoms with Crippen molar-refractivity contribution in [2.75, 3.05) is 12.8 Å². The van der Waals surface area contributed by atoms with E-state index in [1.807, 2.05) is 20.8 Å². The molecule has 0 aromatic carbocycles. The zero-order chi connectivity index (χ0) is 13.2. The van der Waals surface area contributed by atoms with E-state index in [0.29, 0.717) is 6.54 Å². The molecule has 0 fully saturated rings. The Balaban J connectivity index is 3.17. The molecule has 1 atom stereocenters. The molecular weight excluding hydrogens is 240 g/mol. The molecule has 0 bridgehead atoms. The quantitative estimate of drug-likeness (QED) is 0.853. The number of aryl methyl sites for hydroxylation is 1. The van der Waals surface area contributed by atoms with Gasteiger partial charge in [-0.15, -0.1) is 0 Å². The van der Waals surface area contributed by atoms with Crippen LogP contribution in [0.4, 0.5) is 5.82 Å². The molecule has 0 saturated carbocycles. The van der Waals surface area contributed by atoms with Gasteiger partial charge in [-0.05, 0) is 20.3 Å². The minimum absolute atomic E-state index is 0.0574. The molecule has 6 nitrogen and oxygen atoms in total. The van der Waals surface area contributed by atoms with Gasteiger partial charge < -0.3 is 5.73 Å². The van der Waals surface area contributed by atoms with Gasteiger partial charge in [0.2, 0.25) is 10.0 Å². The first-order valence-electron chi connectivity index (χ1n) is 5.65. The maximum Gasteiger partial charge on any atom is 0.248 e. The normalized spacial score (nSPS) is 14.2. The van der Waals surface area contributed by atoms with Gasteiger partial charge in [-0.1, -0.05) is 6.92 Å². The van der Waals surface area contributed by atoms with Crippen LogP contribution in [0.3, 0.4) is 0 Å². The summed E-state index contributed by atoms with van der Waals surface area (Å²) in [6.45, 7) is 6.27. The second-order valence-electron chi connectivity index (χ2n) is 4.01. The summed E-state index contributed by atoms with van der Waals surface area (Å²) in [5, 5.41) is 3.95. The number of nitrogens with two attached hydrogens (primary N) is 1. The van der Waals surface area contributed by atoms with Crippen molar-refractivity contribution in [2.45, 2.75) is 44.7 Å². The van der Waals surface area contributed by atoms with Crippen LogP contribution in [0.2, 0.25) is 0 Å². The lowest BCUT2D eigenvalue weighted by Gasteiger charge is -2.22. The van der Waals surface area contributed by atoms with Crippen LogP contribution in [0, 0.1) is 0 Å². The van der Waals surface area contributed by atoms with E-state index in [2.05, 4.69) is 5.10 Å². The SMILES string of the molecule is CCC(C)N(C)S(=O)(=O)c1cn(CC)nc1N. The molecule has 0 saturated heterocycles. The van der Waals surface area contributed by atoms with Gasteiger partial charge in [0.25, 0.3) is 0 Å². The molecule has 1 aromatic heterocycles. The van der Waals surface area contributed by atoms with E-state index in [1.54, 1.807) is 7.05 Å². The number of nitrogens with zero attached hydrogens (tertiary/aromatic N) is 3. The standard InChI is InChI=1S/C10H20N4O2S/c1-5-8(3)13(4)17(15,16)9-7-14(6-2)12-10(9)11/h7-8H,5-6H2,1-4H3,(H2,11,12). The van der Waals surface area contributed by atoms with E-state index >= 15 is 0 Å². The van der Waals surface area contributed by atoms with Crippen molar-refractivity contribution in [3.63, 3.8) is 0 Å². The van der Waals surface area contributed by atoms with E-state index in [-0.39, 0.29) is 16.8 Å². The minimum atomic E-state index is -3.55. The first-order chi connectivity index (χ1) is 7.84. The molecular formula is C10H20N4O2S. The molecule has 1 unspecified atom stereocenters. The molecule has 0 aliphatic carbocycles. The first-order valence-corrected chi connectivity index (χ1v) is 7.09. The predicted molar refractivity (Wildman–Crippen MR) is 67.0 cm³/mol. The van der Waals surface area contributed by atoms with Gasteiger partial charge in [0.05, 0.1) is 0 Å². The third-order valence-electron chi connectivity index (χ3n) is 2.95. The van der Waals surface area contributed by atoms with Crippen LogP contribution in [-0.4, -0.2) is 35.6 Å². The first kappa shape index (κ1) is 14.0. The Hall–Kier alpha value is -1.08. The van der Waals surface area contributed by atoms with Crippen LogP contribution in [0.25, 0.3) is 0 Å². The Bertz CT molecular complexity index is 480. The van der Waals surface area contributed by atoms with Gasteiger partial charge in [0.15, 0.2) is 5.82 Å². The molecule has 17 heavy (non-hydrogen) atoms. The number of sulfonamides is 1. The fraction of sp³-hybridized carbons (Fsp3) is 0.700. The highest BCUT2D eigenvalue weighted by molar-refractivity contribution is 7.89. The summed E-state index contributed by atoms with van der Waals surface area (Å²) < 4.78 is 27.4. The zero-order valence-electron chi connectivity index (χ0n) is 10.7. The summed E-state index contributed by atoms with van der Waals surface area (Å²) in [4.78, 5) is 0.0853. The maximum atomic E-state index is 12.3. The monoisotopic (exact) mass is 260 g/mol. The van der Waals surface area contributed by atoms with Crippen LogP contribution < -0.4 is 5.73 Å². The smallest absolute Gasteiger partial charge is 0.248 e. The van der Waals surface area contributed by atoms with E-state index in [9.17, 15) is 8.42 Å². The average Bonchev–Trinajstić information content (AvgIpc) is 2.69. The molecule has 1 heterocycles. The topological polar surface area (TPSA) is 81.2 Å². The van der Waals surface area contributed by atoms with Gasteiger partial charge in [-0.2, -0.15) is 9.40 Å². The van der Waals surface area contributed by atoms with Crippen LogP contribution in [0.1, 0.15) is 27.2 Å². The molecule has 0 radical (unpaired) electrons. The van der Waals surface area contributed by atoms with Crippen molar-refractivity contribution in [2.24, 2.45) is 0 Å². The van der Waals surface area contributed by atoms with Crippen LogP contribution in [0.5, 0.6) is 0 Å². The van der Waals surface area contributed by atoms with Gasteiger partial charge >= 0.3 is 0 Å². The Morgan fingerprint density at radius 3 is 2.53 bits per heavy atom. The number of hydrogen-bond donors (Lipinski definition) is 1. The molecule has 1 aromatic rings. The fourth-order valence-electron chi connectivity index (χ4n) is 1.43. The number of anilines is 1.